The minimum Gasteiger partial charge on any atom is -0.319 e. The molecule has 0 radical (unpaired) electrons. The number of hydrogen-bond donors (Lipinski definition) is 0. The highest BCUT2D eigenvalue weighted by Crippen LogP contribution is 2.14. The molecule has 1 nitrogen and oxygen atoms in total. The van der Waals surface area contributed by atoms with Crippen LogP contribution in [0, 0.1) is 0 Å². The predicted octanol–water partition coefficient (Wildman–Crippen LogP) is 3.28. The SMILES string of the molecule is CC[N+](CC)(CCCl)Cc1ccccc1. The summed E-state index contributed by atoms with van der Waals surface area (Å²) >= 11 is 5.89. The molecule has 0 aromatic heterocycles. The van der Waals surface area contributed by atoms with Gasteiger partial charge >= 0.3 is 0 Å². The van der Waals surface area contributed by atoms with Crippen molar-refractivity contribution in [2.45, 2.75) is 20.4 Å². The molecule has 1 aromatic rings. The summed E-state index contributed by atoms with van der Waals surface area (Å²) in [6.45, 7) is 8.96. The molecule has 0 fully saturated rings. The minimum atomic E-state index is 0.745. The zero-order chi connectivity index (χ0) is 11.1. The first kappa shape index (κ1) is 12.5. The highest BCUT2D eigenvalue weighted by molar-refractivity contribution is 6.17. The van der Waals surface area contributed by atoms with Gasteiger partial charge in [-0.15, -0.1) is 11.6 Å². The van der Waals surface area contributed by atoms with Crippen LogP contribution in [0.5, 0.6) is 0 Å². The van der Waals surface area contributed by atoms with Crippen molar-refractivity contribution in [2.24, 2.45) is 0 Å². The highest BCUT2D eigenvalue weighted by Gasteiger charge is 2.22. The molecule has 0 spiro atoms. The van der Waals surface area contributed by atoms with Crippen LogP contribution in [0.2, 0.25) is 0 Å². The molecule has 0 atom stereocenters. The number of rotatable bonds is 6. The van der Waals surface area contributed by atoms with Gasteiger partial charge in [-0.25, -0.2) is 0 Å². The van der Waals surface area contributed by atoms with Gasteiger partial charge in [-0.3, -0.25) is 0 Å². The standard InChI is InChI=1S/C13H21ClN/c1-3-15(4-2,11-10-14)12-13-8-6-5-7-9-13/h5-9H,3-4,10-12H2,1-2H3/q+1. The first-order valence-electron chi connectivity index (χ1n) is 5.71. The van der Waals surface area contributed by atoms with E-state index in [1.807, 2.05) is 0 Å². The van der Waals surface area contributed by atoms with E-state index in [-0.39, 0.29) is 0 Å². The summed E-state index contributed by atoms with van der Waals surface area (Å²) in [5.41, 5.74) is 1.41. The molecule has 2 heteroatoms. The summed E-state index contributed by atoms with van der Waals surface area (Å²) < 4.78 is 1.09. The molecule has 0 aliphatic carbocycles. The van der Waals surface area contributed by atoms with Gasteiger partial charge in [0.1, 0.15) is 6.54 Å². The van der Waals surface area contributed by atoms with Crippen molar-refractivity contribution in [3.8, 4) is 0 Å². The van der Waals surface area contributed by atoms with Gasteiger partial charge in [0.15, 0.2) is 0 Å². The molecule has 84 valence electrons. The van der Waals surface area contributed by atoms with E-state index in [0.29, 0.717) is 0 Å². The van der Waals surface area contributed by atoms with E-state index in [4.69, 9.17) is 11.6 Å². The molecule has 15 heavy (non-hydrogen) atoms. The minimum absolute atomic E-state index is 0.745. The van der Waals surface area contributed by atoms with Crippen LogP contribution in [0.4, 0.5) is 0 Å². The van der Waals surface area contributed by atoms with Crippen LogP contribution < -0.4 is 0 Å². The number of hydrogen-bond acceptors (Lipinski definition) is 0. The molecule has 0 unspecified atom stereocenters. The van der Waals surface area contributed by atoms with Crippen molar-refractivity contribution in [2.75, 3.05) is 25.5 Å². The third-order valence-electron chi connectivity index (χ3n) is 3.26. The lowest BCUT2D eigenvalue weighted by Gasteiger charge is -2.36. The number of benzene rings is 1. The summed E-state index contributed by atoms with van der Waals surface area (Å²) in [5.74, 6) is 0.745. The van der Waals surface area contributed by atoms with Crippen molar-refractivity contribution in [1.82, 2.24) is 0 Å². The van der Waals surface area contributed by atoms with E-state index in [2.05, 4.69) is 44.2 Å². The summed E-state index contributed by atoms with van der Waals surface area (Å²) in [5, 5.41) is 0. The second-order valence-electron chi connectivity index (χ2n) is 4.03. The first-order chi connectivity index (χ1) is 7.26. The Bertz CT molecular complexity index is 267. The van der Waals surface area contributed by atoms with Crippen LogP contribution in [0.15, 0.2) is 30.3 Å². The van der Waals surface area contributed by atoms with Gasteiger partial charge < -0.3 is 4.48 Å². The third-order valence-corrected chi connectivity index (χ3v) is 3.43. The van der Waals surface area contributed by atoms with E-state index < -0.39 is 0 Å². The molecule has 1 rings (SSSR count). The molecule has 0 saturated carbocycles. The molecule has 0 bridgehead atoms. The number of quaternary nitrogens is 1. The van der Waals surface area contributed by atoms with Crippen LogP contribution in [-0.2, 0) is 6.54 Å². The fraction of sp³-hybridized carbons (Fsp3) is 0.538. The Kier molecular flexibility index (Phi) is 5.13. The molecule has 0 N–H and O–H groups in total. The summed E-state index contributed by atoms with van der Waals surface area (Å²) in [6, 6.07) is 10.7. The van der Waals surface area contributed by atoms with E-state index >= 15 is 0 Å². The second kappa shape index (κ2) is 6.14. The first-order valence-corrected chi connectivity index (χ1v) is 6.25. The Morgan fingerprint density at radius 2 is 1.67 bits per heavy atom. The Morgan fingerprint density at radius 1 is 1.07 bits per heavy atom. The molecular weight excluding hydrogens is 206 g/mol. The van der Waals surface area contributed by atoms with Crippen LogP contribution in [0.1, 0.15) is 19.4 Å². The van der Waals surface area contributed by atoms with Gasteiger partial charge in [0.2, 0.25) is 0 Å². The van der Waals surface area contributed by atoms with Gasteiger partial charge in [0, 0.05) is 5.56 Å². The maximum Gasteiger partial charge on any atom is 0.104 e. The van der Waals surface area contributed by atoms with Gasteiger partial charge in [-0.1, -0.05) is 30.3 Å². The molecule has 0 aliphatic heterocycles. The Hall–Kier alpha value is -0.530. The zero-order valence-corrected chi connectivity index (χ0v) is 10.5. The van der Waals surface area contributed by atoms with E-state index in [0.717, 1.165) is 36.5 Å². The maximum absolute atomic E-state index is 5.89. The van der Waals surface area contributed by atoms with Gasteiger partial charge in [0.05, 0.1) is 25.5 Å². The molecule has 0 saturated heterocycles. The smallest absolute Gasteiger partial charge is 0.104 e. The summed E-state index contributed by atoms with van der Waals surface area (Å²) in [6.07, 6.45) is 0. The summed E-state index contributed by atoms with van der Waals surface area (Å²) in [7, 11) is 0. The van der Waals surface area contributed by atoms with Gasteiger partial charge in [0.25, 0.3) is 0 Å². The lowest BCUT2D eigenvalue weighted by Crippen LogP contribution is -2.48. The van der Waals surface area contributed by atoms with Crippen molar-refractivity contribution >= 4 is 11.6 Å². The second-order valence-corrected chi connectivity index (χ2v) is 4.41. The van der Waals surface area contributed by atoms with Crippen molar-refractivity contribution in [1.29, 1.82) is 0 Å². The quantitative estimate of drug-likeness (QED) is 0.516. The van der Waals surface area contributed by atoms with E-state index in [1.165, 1.54) is 5.56 Å². The zero-order valence-electron chi connectivity index (χ0n) is 9.75. The Labute approximate surface area is 98.3 Å². The van der Waals surface area contributed by atoms with Crippen molar-refractivity contribution in [3.05, 3.63) is 35.9 Å². The topological polar surface area (TPSA) is 0 Å². The molecular formula is C13H21ClN+. The van der Waals surface area contributed by atoms with Gasteiger partial charge in [-0.05, 0) is 13.8 Å². The van der Waals surface area contributed by atoms with Gasteiger partial charge in [-0.2, -0.15) is 0 Å². The number of halogens is 1. The monoisotopic (exact) mass is 226 g/mol. The van der Waals surface area contributed by atoms with Crippen LogP contribution in [0.25, 0.3) is 0 Å². The van der Waals surface area contributed by atoms with Crippen molar-refractivity contribution in [3.63, 3.8) is 0 Å². The average Bonchev–Trinajstić information content (AvgIpc) is 2.30. The molecule has 0 aliphatic rings. The van der Waals surface area contributed by atoms with Crippen LogP contribution in [0.3, 0.4) is 0 Å². The normalized spacial score (nSPS) is 11.7. The fourth-order valence-electron chi connectivity index (χ4n) is 1.99. The number of nitrogens with zero attached hydrogens (tertiary/aromatic N) is 1. The van der Waals surface area contributed by atoms with E-state index in [9.17, 15) is 0 Å². The Morgan fingerprint density at radius 3 is 2.13 bits per heavy atom. The number of alkyl halides is 1. The fourth-order valence-corrected chi connectivity index (χ4v) is 2.35. The largest absolute Gasteiger partial charge is 0.319 e. The Balaban J connectivity index is 2.74. The lowest BCUT2D eigenvalue weighted by molar-refractivity contribution is -0.935. The molecule has 0 amide bonds. The molecule has 1 aromatic carbocycles. The third kappa shape index (κ3) is 3.51. The predicted molar refractivity (Wildman–Crippen MR) is 67.1 cm³/mol. The van der Waals surface area contributed by atoms with Crippen molar-refractivity contribution < 1.29 is 4.48 Å². The molecule has 0 heterocycles. The maximum atomic E-state index is 5.89. The average molecular weight is 227 g/mol. The van der Waals surface area contributed by atoms with Crippen LogP contribution in [-0.4, -0.2) is 30.0 Å². The van der Waals surface area contributed by atoms with Crippen LogP contribution >= 0.6 is 11.6 Å². The van der Waals surface area contributed by atoms with E-state index in [1.54, 1.807) is 0 Å². The summed E-state index contributed by atoms with van der Waals surface area (Å²) in [4.78, 5) is 0. The highest BCUT2D eigenvalue weighted by atomic mass is 35.5. The lowest BCUT2D eigenvalue weighted by atomic mass is 10.2.